The lowest BCUT2D eigenvalue weighted by molar-refractivity contribution is 0.417. The molecule has 1 heterocycles. The average Bonchev–Trinajstić information content (AvgIpc) is 2.66. The minimum Gasteiger partial charge on any atom is -0.495 e. The van der Waals surface area contributed by atoms with Crippen LogP contribution in [0.5, 0.6) is 5.75 Å². The molecule has 0 aliphatic rings. The van der Waals surface area contributed by atoms with Gasteiger partial charge in [-0.3, -0.25) is 4.79 Å². The molecule has 3 aromatic rings. The zero-order valence-corrected chi connectivity index (χ0v) is 17.4. The molecule has 0 saturated heterocycles. The summed E-state index contributed by atoms with van der Waals surface area (Å²) < 4.78 is 5.36. The third kappa shape index (κ3) is 4.34. The molecule has 0 aliphatic heterocycles. The van der Waals surface area contributed by atoms with Crippen molar-refractivity contribution in [2.75, 3.05) is 19.0 Å². The molecule has 0 bridgehead atoms. The predicted molar refractivity (Wildman–Crippen MR) is 120 cm³/mol. The molecule has 5 nitrogen and oxygen atoms in total. The molecular formula is C22H25N3O2S. The molecule has 0 unspecified atom stereocenters. The quantitative estimate of drug-likeness (QED) is 0.570. The minimum absolute atomic E-state index is 0.0535. The number of H-pyrrole nitrogens is 1. The standard InChI is InChI=1S/C22H25N3O2S/c1-13-5-8-19(27-4)18(11-13)24-22(28)23-10-9-16-12-17-14(2)6-7-15(3)20(17)25-21(16)26/h5-8,11-12H,9-10H2,1-4H3,(H,25,26)(H2,23,24,28). The van der Waals surface area contributed by atoms with Gasteiger partial charge in [-0.1, -0.05) is 18.2 Å². The van der Waals surface area contributed by atoms with Gasteiger partial charge in [0.05, 0.1) is 18.3 Å². The number of pyridine rings is 1. The van der Waals surface area contributed by atoms with E-state index in [1.165, 1.54) is 0 Å². The van der Waals surface area contributed by atoms with Gasteiger partial charge in [-0.2, -0.15) is 0 Å². The normalized spacial score (nSPS) is 10.7. The molecule has 28 heavy (non-hydrogen) atoms. The van der Waals surface area contributed by atoms with Gasteiger partial charge in [0.15, 0.2) is 5.11 Å². The molecule has 0 fully saturated rings. The molecule has 0 aliphatic carbocycles. The van der Waals surface area contributed by atoms with Crippen LogP contribution in [0.3, 0.4) is 0 Å². The Kier molecular flexibility index (Phi) is 5.99. The summed E-state index contributed by atoms with van der Waals surface area (Å²) in [5.41, 5.74) is 5.74. The van der Waals surface area contributed by atoms with Crippen molar-refractivity contribution in [1.82, 2.24) is 10.3 Å². The minimum atomic E-state index is -0.0535. The first-order chi connectivity index (χ1) is 13.4. The fourth-order valence-electron chi connectivity index (χ4n) is 3.20. The highest BCUT2D eigenvalue weighted by Crippen LogP contribution is 2.25. The summed E-state index contributed by atoms with van der Waals surface area (Å²) in [6, 6.07) is 11.9. The smallest absolute Gasteiger partial charge is 0.251 e. The molecule has 6 heteroatoms. The van der Waals surface area contributed by atoms with Crippen molar-refractivity contribution in [1.29, 1.82) is 0 Å². The van der Waals surface area contributed by atoms with Gasteiger partial charge in [0.2, 0.25) is 0 Å². The molecule has 1 aromatic heterocycles. The largest absolute Gasteiger partial charge is 0.495 e. The van der Waals surface area contributed by atoms with Crippen molar-refractivity contribution in [2.45, 2.75) is 27.2 Å². The predicted octanol–water partition coefficient (Wildman–Crippen LogP) is 3.99. The van der Waals surface area contributed by atoms with Crippen LogP contribution in [-0.2, 0) is 6.42 Å². The van der Waals surface area contributed by atoms with E-state index in [0.717, 1.165) is 44.6 Å². The number of hydrogen-bond donors (Lipinski definition) is 3. The molecule has 0 amide bonds. The van der Waals surface area contributed by atoms with E-state index in [0.29, 0.717) is 18.1 Å². The van der Waals surface area contributed by atoms with Gasteiger partial charge in [-0.15, -0.1) is 0 Å². The van der Waals surface area contributed by atoms with Gasteiger partial charge in [-0.25, -0.2) is 0 Å². The first-order valence-corrected chi connectivity index (χ1v) is 9.61. The molecule has 146 valence electrons. The maximum absolute atomic E-state index is 12.4. The van der Waals surface area contributed by atoms with E-state index in [9.17, 15) is 4.79 Å². The molecule has 0 saturated carbocycles. The summed E-state index contributed by atoms with van der Waals surface area (Å²) in [5.74, 6) is 0.728. The van der Waals surface area contributed by atoms with Crippen LogP contribution in [0.25, 0.3) is 10.9 Å². The fourth-order valence-corrected chi connectivity index (χ4v) is 3.41. The Morgan fingerprint density at radius 2 is 1.86 bits per heavy atom. The van der Waals surface area contributed by atoms with Crippen molar-refractivity contribution >= 4 is 33.9 Å². The summed E-state index contributed by atoms with van der Waals surface area (Å²) in [7, 11) is 1.63. The Balaban J connectivity index is 1.67. The Morgan fingerprint density at radius 3 is 2.61 bits per heavy atom. The number of anilines is 1. The first-order valence-electron chi connectivity index (χ1n) is 9.20. The average molecular weight is 396 g/mol. The molecule has 0 radical (unpaired) electrons. The Hall–Kier alpha value is -2.86. The fraction of sp³-hybridized carbons (Fsp3) is 0.273. The van der Waals surface area contributed by atoms with Crippen molar-refractivity contribution < 1.29 is 4.74 Å². The second kappa shape index (κ2) is 8.44. The number of hydrogen-bond acceptors (Lipinski definition) is 3. The number of rotatable bonds is 5. The van der Waals surface area contributed by atoms with Crippen LogP contribution in [0.15, 0.2) is 41.2 Å². The number of fused-ring (bicyclic) bond motifs is 1. The Morgan fingerprint density at radius 1 is 1.11 bits per heavy atom. The molecule has 3 N–H and O–H groups in total. The SMILES string of the molecule is COc1ccc(C)cc1NC(=S)NCCc1cc2c(C)ccc(C)c2[nH]c1=O. The van der Waals surface area contributed by atoms with Gasteiger partial charge >= 0.3 is 0 Å². The number of aromatic amines is 1. The lowest BCUT2D eigenvalue weighted by atomic mass is 10.0. The zero-order valence-electron chi connectivity index (χ0n) is 16.6. The number of ether oxygens (including phenoxy) is 1. The lowest BCUT2D eigenvalue weighted by Gasteiger charge is -2.14. The number of aromatic nitrogens is 1. The van der Waals surface area contributed by atoms with Crippen molar-refractivity contribution in [3.05, 3.63) is 69.0 Å². The summed E-state index contributed by atoms with van der Waals surface area (Å²) in [5, 5.41) is 7.90. The van der Waals surface area contributed by atoms with Gasteiger partial charge < -0.3 is 20.4 Å². The number of methoxy groups -OCH3 is 1. The third-order valence-corrected chi connectivity index (χ3v) is 5.05. The van der Waals surface area contributed by atoms with Crippen LogP contribution in [0.1, 0.15) is 22.3 Å². The molecule has 3 rings (SSSR count). The second-order valence-electron chi connectivity index (χ2n) is 6.95. The van der Waals surface area contributed by atoms with Gasteiger partial charge in [0.1, 0.15) is 5.75 Å². The maximum atomic E-state index is 12.4. The van der Waals surface area contributed by atoms with Crippen LogP contribution in [0.2, 0.25) is 0 Å². The van der Waals surface area contributed by atoms with Crippen molar-refractivity contribution in [3.63, 3.8) is 0 Å². The lowest BCUT2D eigenvalue weighted by Crippen LogP contribution is -2.31. The van der Waals surface area contributed by atoms with Crippen LogP contribution < -0.4 is 20.9 Å². The van der Waals surface area contributed by atoms with Gasteiger partial charge in [0.25, 0.3) is 5.56 Å². The zero-order chi connectivity index (χ0) is 20.3. The topological polar surface area (TPSA) is 66.2 Å². The van der Waals surface area contributed by atoms with E-state index in [-0.39, 0.29) is 5.56 Å². The molecule has 0 atom stereocenters. The van der Waals surface area contributed by atoms with Crippen LogP contribution in [-0.4, -0.2) is 23.8 Å². The van der Waals surface area contributed by atoms with Crippen molar-refractivity contribution in [3.8, 4) is 5.75 Å². The maximum Gasteiger partial charge on any atom is 0.251 e. The Bertz CT molecular complexity index is 1090. The van der Waals surface area contributed by atoms with Gasteiger partial charge in [0, 0.05) is 17.5 Å². The first kappa shape index (κ1) is 19.9. The van der Waals surface area contributed by atoms with E-state index in [2.05, 4.69) is 28.6 Å². The highest BCUT2D eigenvalue weighted by atomic mass is 32.1. The highest BCUT2D eigenvalue weighted by Gasteiger charge is 2.08. The van der Waals surface area contributed by atoms with E-state index >= 15 is 0 Å². The molecule has 0 spiro atoms. The van der Waals surface area contributed by atoms with Crippen molar-refractivity contribution in [2.24, 2.45) is 0 Å². The number of benzene rings is 2. The highest BCUT2D eigenvalue weighted by molar-refractivity contribution is 7.80. The van der Waals surface area contributed by atoms with Crippen LogP contribution in [0.4, 0.5) is 5.69 Å². The van der Waals surface area contributed by atoms with E-state index in [1.54, 1.807) is 7.11 Å². The summed E-state index contributed by atoms with van der Waals surface area (Å²) in [6.07, 6.45) is 0.575. The molecular weight excluding hydrogens is 370 g/mol. The van der Waals surface area contributed by atoms with E-state index in [4.69, 9.17) is 17.0 Å². The van der Waals surface area contributed by atoms with E-state index in [1.807, 2.05) is 44.2 Å². The monoisotopic (exact) mass is 395 g/mol. The molecule has 2 aromatic carbocycles. The van der Waals surface area contributed by atoms with Crippen LogP contribution in [0, 0.1) is 20.8 Å². The van der Waals surface area contributed by atoms with E-state index < -0.39 is 0 Å². The summed E-state index contributed by atoms with van der Waals surface area (Å²) in [6.45, 7) is 6.62. The summed E-state index contributed by atoms with van der Waals surface area (Å²) in [4.78, 5) is 15.5. The Labute approximate surface area is 170 Å². The second-order valence-corrected chi connectivity index (χ2v) is 7.35. The number of thiocarbonyl (C=S) groups is 1. The summed E-state index contributed by atoms with van der Waals surface area (Å²) >= 11 is 5.39. The van der Waals surface area contributed by atoms with Gasteiger partial charge in [-0.05, 0) is 74.3 Å². The third-order valence-electron chi connectivity index (χ3n) is 4.80. The number of aryl methyl sites for hydroxylation is 3. The number of nitrogens with one attached hydrogen (secondary N) is 3. The van der Waals surface area contributed by atoms with Crippen LogP contribution >= 0.6 is 12.2 Å².